The van der Waals surface area contributed by atoms with Gasteiger partial charge < -0.3 is 4.90 Å². The van der Waals surface area contributed by atoms with Gasteiger partial charge in [-0.15, -0.1) is 0 Å². The van der Waals surface area contributed by atoms with E-state index in [4.69, 9.17) is 0 Å². The molecule has 1 aliphatic rings. The van der Waals surface area contributed by atoms with Gasteiger partial charge >= 0.3 is 0 Å². The molecule has 0 N–H and O–H groups in total. The predicted octanol–water partition coefficient (Wildman–Crippen LogP) is 3.56. The van der Waals surface area contributed by atoms with E-state index in [1.54, 1.807) is 0 Å². The van der Waals surface area contributed by atoms with E-state index in [9.17, 15) is 0 Å². The second kappa shape index (κ2) is 5.53. The molecule has 0 amide bonds. The van der Waals surface area contributed by atoms with Gasteiger partial charge in [0.05, 0.1) is 6.04 Å². The Morgan fingerprint density at radius 1 is 0.895 bits per heavy atom. The first kappa shape index (κ1) is 11.7. The molecule has 0 bridgehead atoms. The lowest BCUT2D eigenvalue weighted by molar-refractivity contribution is 0.346. The summed E-state index contributed by atoms with van der Waals surface area (Å²) in [6.07, 6.45) is 12.2. The summed E-state index contributed by atoms with van der Waals surface area (Å²) in [6, 6.07) is 15.0. The zero-order chi connectivity index (χ0) is 12.9. The third kappa shape index (κ3) is 2.58. The van der Waals surface area contributed by atoms with Crippen molar-refractivity contribution in [1.29, 1.82) is 0 Å². The van der Waals surface area contributed by atoms with Crippen molar-refractivity contribution in [2.75, 3.05) is 6.54 Å². The van der Waals surface area contributed by atoms with Gasteiger partial charge in [-0.25, -0.2) is 0 Å². The quantitative estimate of drug-likeness (QED) is 0.825. The van der Waals surface area contributed by atoms with Crippen molar-refractivity contribution < 1.29 is 0 Å². The Hall–Kier alpha value is -2.35. The van der Waals surface area contributed by atoms with Gasteiger partial charge in [-0.3, -0.25) is 4.98 Å². The third-order valence-electron chi connectivity index (χ3n) is 3.31. The molecule has 0 saturated heterocycles. The normalized spacial score (nSPS) is 15.5. The summed E-state index contributed by atoms with van der Waals surface area (Å²) in [7, 11) is 0. The number of hydrogen-bond acceptors (Lipinski definition) is 2. The van der Waals surface area contributed by atoms with Crippen LogP contribution in [0.1, 0.15) is 17.2 Å². The van der Waals surface area contributed by atoms with Crippen molar-refractivity contribution >= 4 is 0 Å². The second-order valence-electron chi connectivity index (χ2n) is 4.56. The van der Waals surface area contributed by atoms with Crippen molar-refractivity contribution in [2.24, 2.45) is 0 Å². The lowest BCUT2D eigenvalue weighted by Gasteiger charge is -2.31. The zero-order valence-electron chi connectivity index (χ0n) is 10.7. The molecule has 0 radical (unpaired) electrons. The van der Waals surface area contributed by atoms with Crippen LogP contribution in [-0.2, 0) is 0 Å². The smallest absolute Gasteiger partial charge is 0.0794 e. The lowest BCUT2D eigenvalue weighted by Crippen LogP contribution is -2.25. The van der Waals surface area contributed by atoms with Gasteiger partial charge in [-0.05, 0) is 29.3 Å². The van der Waals surface area contributed by atoms with Crippen LogP contribution in [0.3, 0.4) is 0 Å². The highest BCUT2D eigenvalue weighted by Crippen LogP contribution is 2.29. The number of rotatable bonds is 3. The van der Waals surface area contributed by atoms with E-state index in [0.29, 0.717) is 0 Å². The van der Waals surface area contributed by atoms with Crippen LogP contribution in [0.2, 0.25) is 0 Å². The van der Waals surface area contributed by atoms with Crippen LogP contribution >= 0.6 is 0 Å². The van der Waals surface area contributed by atoms with Crippen LogP contribution in [0.4, 0.5) is 0 Å². The standard InChI is InChI=1S/C17H16N2/c1-3-7-15(8-4-1)17(16-9-11-18-12-10-16)19-13-5-2-6-14-19/h1-13,17H,14H2. The summed E-state index contributed by atoms with van der Waals surface area (Å²) in [5.74, 6) is 0. The number of allylic oxidation sites excluding steroid dienone is 2. The minimum Gasteiger partial charge on any atom is -0.363 e. The minimum atomic E-state index is 0.241. The van der Waals surface area contributed by atoms with Crippen LogP contribution in [0, 0.1) is 0 Å². The van der Waals surface area contributed by atoms with Gasteiger partial charge in [0.1, 0.15) is 0 Å². The second-order valence-corrected chi connectivity index (χ2v) is 4.56. The molecule has 2 heteroatoms. The Morgan fingerprint density at radius 2 is 1.63 bits per heavy atom. The van der Waals surface area contributed by atoms with Gasteiger partial charge in [0.2, 0.25) is 0 Å². The van der Waals surface area contributed by atoms with Gasteiger partial charge in [0.25, 0.3) is 0 Å². The van der Waals surface area contributed by atoms with Crippen LogP contribution < -0.4 is 0 Å². The SMILES string of the molecule is C1=CCN(C(c2ccccc2)c2ccncc2)C=C1. The molecule has 1 aromatic heterocycles. The molecule has 1 aliphatic heterocycles. The third-order valence-corrected chi connectivity index (χ3v) is 3.31. The van der Waals surface area contributed by atoms with E-state index in [1.807, 2.05) is 12.4 Å². The minimum absolute atomic E-state index is 0.241. The maximum Gasteiger partial charge on any atom is 0.0794 e. The molecule has 2 aromatic rings. The Labute approximate surface area is 113 Å². The fourth-order valence-corrected chi connectivity index (χ4v) is 2.43. The highest BCUT2D eigenvalue weighted by molar-refractivity contribution is 5.32. The molecule has 0 aliphatic carbocycles. The predicted molar refractivity (Wildman–Crippen MR) is 77.5 cm³/mol. The van der Waals surface area contributed by atoms with Crippen molar-refractivity contribution in [2.45, 2.75) is 6.04 Å². The lowest BCUT2D eigenvalue weighted by atomic mass is 9.98. The monoisotopic (exact) mass is 248 g/mol. The fourth-order valence-electron chi connectivity index (χ4n) is 2.43. The van der Waals surface area contributed by atoms with E-state index >= 15 is 0 Å². The number of pyridine rings is 1. The first-order valence-corrected chi connectivity index (χ1v) is 6.49. The Balaban J connectivity index is 2.01. The zero-order valence-corrected chi connectivity index (χ0v) is 10.7. The molecule has 1 atom stereocenters. The molecule has 1 aromatic carbocycles. The van der Waals surface area contributed by atoms with E-state index < -0.39 is 0 Å². The summed E-state index contributed by atoms with van der Waals surface area (Å²) >= 11 is 0. The molecule has 2 nitrogen and oxygen atoms in total. The molecular formula is C17H16N2. The van der Waals surface area contributed by atoms with E-state index in [1.165, 1.54) is 11.1 Å². The summed E-state index contributed by atoms with van der Waals surface area (Å²) in [5.41, 5.74) is 2.56. The first-order chi connectivity index (χ1) is 9.45. The number of aromatic nitrogens is 1. The molecule has 0 fully saturated rings. The van der Waals surface area contributed by atoms with Crippen molar-refractivity contribution in [3.05, 3.63) is 90.4 Å². The molecule has 0 saturated carbocycles. The summed E-state index contributed by atoms with van der Waals surface area (Å²) in [5, 5.41) is 0. The molecule has 19 heavy (non-hydrogen) atoms. The molecule has 3 rings (SSSR count). The van der Waals surface area contributed by atoms with Gasteiger partial charge in [-0.1, -0.05) is 42.5 Å². The summed E-state index contributed by atoms with van der Waals surface area (Å²) in [4.78, 5) is 6.45. The topological polar surface area (TPSA) is 16.1 Å². The molecule has 0 spiro atoms. The fraction of sp³-hybridized carbons (Fsp3) is 0.118. The highest BCUT2D eigenvalue weighted by atomic mass is 15.1. The Bertz CT molecular complexity index is 533. The average molecular weight is 248 g/mol. The Kier molecular flexibility index (Phi) is 3.41. The number of hydrogen-bond donors (Lipinski definition) is 0. The largest absolute Gasteiger partial charge is 0.363 e. The molecule has 2 heterocycles. The van der Waals surface area contributed by atoms with E-state index in [0.717, 1.165) is 6.54 Å². The summed E-state index contributed by atoms with van der Waals surface area (Å²) < 4.78 is 0. The van der Waals surface area contributed by atoms with E-state index in [-0.39, 0.29) is 6.04 Å². The summed E-state index contributed by atoms with van der Waals surface area (Å²) in [6.45, 7) is 0.929. The van der Waals surface area contributed by atoms with Crippen molar-refractivity contribution in [3.63, 3.8) is 0 Å². The first-order valence-electron chi connectivity index (χ1n) is 6.49. The molecular weight excluding hydrogens is 232 g/mol. The van der Waals surface area contributed by atoms with Crippen molar-refractivity contribution in [3.8, 4) is 0 Å². The van der Waals surface area contributed by atoms with Crippen molar-refractivity contribution in [1.82, 2.24) is 9.88 Å². The highest BCUT2D eigenvalue weighted by Gasteiger charge is 2.19. The van der Waals surface area contributed by atoms with Crippen LogP contribution in [0.25, 0.3) is 0 Å². The van der Waals surface area contributed by atoms with Crippen LogP contribution in [-0.4, -0.2) is 16.4 Å². The number of nitrogens with zero attached hydrogens (tertiary/aromatic N) is 2. The maximum absolute atomic E-state index is 4.12. The van der Waals surface area contributed by atoms with E-state index in [2.05, 4.69) is 76.8 Å². The van der Waals surface area contributed by atoms with Crippen LogP contribution in [0.15, 0.2) is 79.3 Å². The van der Waals surface area contributed by atoms with Gasteiger partial charge in [-0.2, -0.15) is 0 Å². The average Bonchev–Trinajstić information content (AvgIpc) is 2.51. The van der Waals surface area contributed by atoms with Crippen LogP contribution in [0.5, 0.6) is 0 Å². The molecule has 1 unspecified atom stereocenters. The van der Waals surface area contributed by atoms with Gasteiger partial charge in [0.15, 0.2) is 0 Å². The van der Waals surface area contributed by atoms with Gasteiger partial charge in [0, 0.05) is 25.1 Å². The Morgan fingerprint density at radius 3 is 2.32 bits per heavy atom. The maximum atomic E-state index is 4.12. The number of benzene rings is 1. The molecule has 94 valence electrons.